The average Bonchev–Trinajstić information content (AvgIpc) is 2.82. The molecule has 1 fully saturated rings. The van der Waals surface area contributed by atoms with Crippen LogP contribution in [-0.2, 0) is 16.6 Å². The molecule has 1 aromatic carbocycles. The van der Waals surface area contributed by atoms with E-state index in [0.717, 1.165) is 16.5 Å². The number of carbonyl (C=O) groups excluding carboxylic acids is 2. The summed E-state index contributed by atoms with van der Waals surface area (Å²) >= 11 is 0. The summed E-state index contributed by atoms with van der Waals surface area (Å²) in [5.74, 6) is -0.667. The van der Waals surface area contributed by atoms with Crippen LogP contribution in [0, 0.1) is 6.92 Å². The van der Waals surface area contributed by atoms with Crippen LogP contribution in [0.25, 0.3) is 10.9 Å². The summed E-state index contributed by atoms with van der Waals surface area (Å²) in [6.45, 7) is 4.56. The lowest BCUT2D eigenvalue weighted by Crippen LogP contribution is -2.58. The van der Waals surface area contributed by atoms with E-state index in [4.69, 9.17) is 10.5 Å². The number of fused-ring (bicyclic) bond motifs is 1. The van der Waals surface area contributed by atoms with Crippen LogP contribution in [0.3, 0.4) is 0 Å². The van der Waals surface area contributed by atoms with E-state index in [1.807, 2.05) is 36.7 Å². The molecule has 1 aromatic heterocycles. The molecule has 23 heavy (non-hydrogen) atoms. The largest absolute Gasteiger partial charge is 0.367 e. The van der Waals surface area contributed by atoms with Crippen LogP contribution in [0.5, 0.6) is 0 Å². The highest BCUT2D eigenvalue weighted by Gasteiger charge is 2.39. The van der Waals surface area contributed by atoms with Gasteiger partial charge in [-0.25, -0.2) is 0 Å². The minimum Gasteiger partial charge on any atom is -0.367 e. The molecule has 2 aromatic rings. The molecule has 0 radical (unpaired) electrons. The Balaban J connectivity index is 1.94. The first kappa shape index (κ1) is 15.6. The SMILES string of the molecule is Cc1ccc2c(c1)cc(C(=O)N1CCO[C@@](C)(C(N)=O)C1)n2C. The van der Waals surface area contributed by atoms with Gasteiger partial charge in [-0.1, -0.05) is 11.6 Å². The fourth-order valence-electron chi connectivity index (χ4n) is 3.03. The lowest BCUT2D eigenvalue weighted by atomic mass is 10.0. The van der Waals surface area contributed by atoms with Gasteiger partial charge in [0.1, 0.15) is 5.69 Å². The van der Waals surface area contributed by atoms with Gasteiger partial charge >= 0.3 is 0 Å². The second-order valence-electron chi connectivity index (χ2n) is 6.32. The second-order valence-corrected chi connectivity index (χ2v) is 6.32. The fourth-order valence-corrected chi connectivity index (χ4v) is 3.03. The van der Waals surface area contributed by atoms with Gasteiger partial charge in [-0.05, 0) is 32.0 Å². The number of primary amides is 1. The Bertz CT molecular complexity index is 796. The highest BCUT2D eigenvalue weighted by molar-refractivity contribution is 5.99. The third-order valence-corrected chi connectivity index (χ3v) is 4.50. The maximum atomic E-state index is 12.9. The van der Waals surface area contributed by atoms with Gasteiger partial charge in [-0.3, -0.25) is 9.59 Å². The third-order valence-electron chi connectivity index (χ3n) is 4.50. The smallest absolute Gasteiger partial charge is 0.270 e. The van der Waals surface area contributed by atoms with E-state index in [1.165, 1.54) is 0 Å². The highest BCUT2D eigenvalue weighted by Crippen LogP contribution is 2.24. The molecule has 0 bridgehead atoms. The molecule has 1 aliphatic heterocycles. The summed E-state index contributed by atoms with van der Waals surface area (Å²) in [5.41, 5.74) is 7.02. The van der Waals surface area contributed by atoms with Crippen LogP contribution in [0.2, 0.25) is 0 Å². The van der Waals surface area contributed by atoms with Crippen molar-refractivity contribution in [2.45, 2.75) is 19.4 Å². The Hall–Kier alpha value is -2.34. The topological polar surface area (TPSA) is 77.6 Å². The number of aryl methyl sites for hydroxylation is 2. The number of amides is 2. The van der Waals surface area contributed by atoms with Gasteiger partial charge in [0.15, 0.2) is 5.60 Å². The van der Waals surface area contributed by atoms with Crippen LogP contribution in [0.4, 0.5) is 0 Å². The van der Waals surface area contributed by atoms with Gasteiger partial charge in [0, 0.05) is 24.5 Å². The van der Waals surface area contributed by atoms with Gasteiger partial charge in [0.25, 0.3) is 11.8 Å². The number of ether oxygens (including phenoxy) is 1. The molecule has 2 heterocycles. The van der Waals surface area contributed by atoms with E-state index in [2.05, 4.69) is 6.07 Å². The summed E-state index contributed by atoms with van der Waals surface area (Å²) in [6.07, 6.45) is 0. The maximum Gasteiger partial charge on any atom is 0.270 e. The molecule has 0 aliphatic carbocycles. The normalized spacial score (nSPS) is 21.6. The van der Waals surface area contributed by atoms with Crippen molar-refractivity contribution in [2.24, 2.45) is 12.8 Å². The molecule has 0 spiro atoms. The zero-order valence-corrected chi connectivity index (χ0v) is 13.6. The average molecular weight is 315 g/mol. The number of rotatable bonds is 2. The molecule has 6 nitrogen and oxygen atoms in total. The minimum atomic E-state index is -1.13. The number of nitrogens with zero attached hydrogens (tertiary/aromatic N) is 2. The molecular formula is C17H21N3O3. The predicted molar refractivity (Wildman–Crippen MR) is 87.1 cm³/mol. The molecule has 0 unspecified atom stereocenters. The molecule has 3 rings (SSSR count). The monoisotopic (exact) mass is 315 g/mol. The van der Waals surface area contributed by atoms with Crippen molar-refractivity contribution in [1.82, 2.24) is 9.47 Å². The molecular weight excluding hydrogens is 294 g/mol. The minimum absolute atomic E-state index is 0.114. The fraction of sp³-hybridized carbons (Fsp3) is 0.412. The van der Waals surface area contributed by atoms with Gasteiger partial charge in [0.05, 0.1) is 13.2 Å². The van der Waals surface area contributed by atoms with E-state index in [1.54, 1.807) is 11.8 Å². The zero-order chi connectivity index (χ0) is 16.8. The van der Waals surface area contributed by atoms with Gasteiger partial charge in [0.2, 0.25) is 0 Å². The molecule has 1 saturated heterocycles. The molecule has 6 heteroatoms. The first-order chi connectivity index (χ1) is 10.8. The number of hydrogen-bond donors (Lipinski definition) is 1. The van der Waals surface area contributed by atoms with Crippen molar-refractivity contribution in [3.8, 4) is 0 Å². The van der Waals surface area contributed by atoms with Gasteiger partial charge in [-0.15, -0.1) is 0 Å². The molecule has 1 aliphatic rings. The van der Waals surface area contributed by atoms with Crippen molar-refractivity contribution in [1.29, 1.82) is 0 Å². The van der Waals surface area contributed by atoms with Crippen LogP contribution in [0.1, 0.15) is 23.0 Å². The van der Waals surface area contributed by atoms with Crippen LogP contribution in [0.15, 0.2) is 24.3 Å². The van der Waals surface area contributed by atoms with Crippen molar-refractivity contribution >= 4 is 22.7 Å². The van der Waals surface area contributed by atoms with Crippen LogP contribution < -0.4 is 5.73 Å². The summed E-state index contributed by atoms with van der Waals surface area (Å²) < 4.78 is 7.36. The van der Waals surface area contributed by atoms with E-state index >= 15 is 0 Å². The Morgan fingerprint density at radius 3 is 2.74 bits per heavy atom. The number of morpholine rings is 1. The number of hydrogen-bond acceptors (Lipinski definition) is 3. The van der Waals surface area contributed by atoms with Gasteiger partial charge < -0.3 is 19.9 Å². The number of aromatic nitrogens is 1. The molecule has 0 saturated carbocycles. The zero-order valence-electron chi connectivity index (χ0n) is 13.6. The maximum absolute atomic E-state index is 12.9. The highest BCUT2D eigenvalue weighted by atomic mass is 16.5. The summed E-state index contributed by atoms with van der Waals surface area (Å²) in [7, 11) is 1.87. The van der Waals surface area contributed by atoms with Crippen molar-refractivity contribution < 1.29 is 14.3 Å². The molecule has 2 N–H and O–H groups in total. The van der Waals surface area contributed by atoms with Crippen molar-refractivity contribution in [3.63, 3.8) is 0 Å². The van der Waals surface area contributed by atoms with Crippen LogP contribution >= 0.6 is 0 Å². The van der Waals surface area contributed by atoms with Gasteiger partial charge in [-0.2, -0.15) is 0 Å². The molecule has 2 amide bonds. The number of nitrogens with two attached hydrogens (primary N) is 1. The Kier molecular flexibility index (Phi) is 3.64. The number of carbonyl (C=O) groups is 2. The van der Waals surface area contributed by atoms with Crippen molar-refractivity contribution in [2.75, 3.05) is 19.7 Å². The second kappa shape index (κ2) is 5.38. The summed E-state index contributed by atoms with van der Waals surface area (Å²) in [4.78, 5) is 26.1. The van der Waals surface area contributed by atoms with Crippen molar-refractivity contribution in [3.05, 3.63) is 35.5 Å². The summed E-state index contributed by atoms with van der Waals surface area (Å²) in [5, 5.41) is 1.03. The lowest BCUT2D eigenvalue weighted by molar-refractivity contribution is -0.150. The summed E-state index contributed by atoms with van der Waals surface area (Å²) in [6, 6.07) is 7.98. The Labute approximate surface area is 134 Å². The molecule has 1 atom stereocenters. The predicted octanol–water partition coefficient (Wildman–Crippen LogP) is 1.20. The molecule has 122 valence electrons. The lowest BCUT2D eigenvalue weighted by Gasteiger charge is -2.38. The van der Waals surface area contributed by atoms with E-state index in [0.29, 0.717) is 18.8 Å². The Morgan fingerprint density at radius 2 is 2.04 bits per heavy atom. The number of benzene rings is 1. The van der Waals surface area contributed by atoms with E-state index < -0.39 is 11.5 Å². The standard InChI is InChI=1S/C17H21N3O3/c1-11-4-5-13-12(8-11)9-14(19(13)3)15(21)20-6-7-23-17(2,10-20)16(18)22/h4-5,8-9H,6-7,10H2,1-3H3,(H2,18,22)/t17-/m1/s1. The quantitative estimate of drug-likeness (QED) is 0.904. The van der Waals surface area contributed by atoms with E-state index in [-0.39, 0.29) is 12.5 Å². The Morgan fingerprint density at radius 1 is 1.30 bits per heavy atom. The first-order valence-corrected chi connectivity index (χ1v) is 7.61. The van der Waals surface area contributed by atoms with Crippen LogP contribution in [-0.4, -0.2) is 46.6 Å². The first-order valence-electron chi connectivity index (χ1n) is 7.61. The van der Waals surface area contributed by atoms with E-state index in [9.17, 15) is 9.59 Å². The third kappa shape index (κ3) is 2.59.